The Morgan fingerprint density at radius 2 is 2.35 bits per heavy atom. The molecular formula is C17H22N4OS. The number of anilines is 1. The van der Waals surface area contributed by atoms with Crippen LogP contribution in [0.3, 0.4) is 0 Å². The molecule has 1 amide bonds. The summed E-state index contributed by atoms with van der Waals surface area (Å²) in [6.45, 7) is 2.72. The van der Waals surface area contributed by atoms with E-state index < -0.39 is 0 Å². The van der Waals surface area contributed by atoms with Gasteiger partial charge in [-0.25, -0.2) is 9.97 Å². The number of hydrogen-bond donors (Lipinski definition) is 1. The van der Waals surface area contributed by atoms with Crippen LogP contribution in [0.4, 0.5) is 5.82 Å². The molecule has 0 bridgehead atoms. The van der Waals surface area contributed by atoms with Gasteiger partial charge >= 0.3 is 0 Å². The Morgan fingerprint density at radius 3 is 3.09 bits per heavy atom. The van der Waals surface area contributed by atoms with E-state index in [1.165, 1.54) is 4.88 Å². The molecule has 122 valence electrons. The molecule has 1 aliphatic rings. The van der Waals surface area contributed by atoms with Gasteiger partial charge in [-0.1, -0.05) is 6.07 Å². The number of nitrogens with zero attached hydrogens (tertiary/aromatic N) is 3. The van der Waals surface area contributed by atoms with Crippen molar-refractivity contribution in [2.75, 3.05) is 18.9 Å². The molecule has 23 heavy (non-hydrogen) atoms. The smallest absolute Gasteiger partial charge is 0.223 e. The molecule has 1 fully saturated rings. The number of aromatic nitrogens is 2. The van der Waals surface area contributed by atoms with Crippen LogP contribution in [-0.2, 0) is 11.2 Å². The number of aryl methyl sites for hydroxylation is 2. The molecule has 0 aliphatic carbocycles. The van der Waals surface area contributed by atoms with E-state index in [4.69, 9.17) is 0 Å². The number of likely N-dealkylation sites (tertiary alicyclic amines) is 1. The predicted octanol–water partition coefficient (Wildman–Crippen LogP) is 3.18. The second kappa shape index (κ2) is 7.08. The van der Waals surface area contributed by atoms with Crippen LogP contribution >= 0.6 is 11.3 Å². The minimum atomic E-state index is 0.0830. The minimum absolute atomic E-state index is 0.0830. The monoisotopic (exact) mass is 330 g/mol. The molecule has 6 heteroatoms. The fraction of sp³-hybridized carbons (Fsp3) is 0.471. The normalized spacial score (nSPS) is 17.5. The molecule has 1 unspecified atom stereocenters. The zero-order chi connectivity index (χ0) is 16.2. The molecule has 3 heterocycles. The molecule has 2 aromatic heterocycles. The van der Waals surface area contributed by atoms with Gasteiger partial charge < -0.3 is 10.2 Å². The van der Waals surface area contributed by atoms with E-state index in [-0.39, 0.29) is 11.9 Å². The maximum atomic E-state index is 12.6. The van der Waals surface area contributed by atoms with Crippen molar-refractivity contribution in [1.29, 1.82) is 0 Å². The standard InChI is InChI=1S/C17H22N4OS/c1-12-19-14(11-16(18-2)20-12)15-6-3-9-21(15)17(22)8-7-13-5-4-10-23-13/h4-5,10-11,15H,3,6-9H2,1-2H3,(H,18,19,20). The summed E-state index contributed by atoms with van der Waals surface area (Å²) in [6.07, 6.45) is 3.40. The molecule has 2 aromatic rings. The van der Waals surface area contributed by atoms with Gasteiger partial charge in [0.2, 0.25) is 5.91 Å². The van der Waals surface area contributed by atoms with Crippen molar-refractivity contribution in [3.05, 3.63) is 40.0 Å². The average molecular weight is 330 g/mol. The fourth-order valence-corrected chi connectivity index (χ4v) is 3.80. The lowest BCUT2D eigenvalue weighted by molar-refractivity contribution is -0.132. The SMILES string of the molecule is CNc1cc(C2CCCN2C(=O)CCc2cccs2)nc(C)n1. The fourth-order valence-electron chi connectivity index (χ4n) is 3.09. The molecule has 1 N–H and O–H groups in total. The van der Waals surface area contributed by atoms with Crippen LogP contribution in [-0.4, -0.2) is 34.4 Å². The number of rotatable bonds is 5. The minimum Gasteiger partial charge on any atom is -0.373 e. The number of amides is 1. The van der Waals surface area contributed by atoms with Gasteiger partial charge in [0.1, 0.15) is 11.6 Å². The van der Waals surface area contributed by atoms with E-state index in [1.807, 2.05) is 31.0 Å². The van der Waals surface area contributed by atoms with Crippen molar-refractivity contribution in [2.24, 2.45) is 0 Å². The van der Waals surface area contributed by atoms with Crippen LogP contribution in [0.1, 0.15) is 41.7 Å². The number of nitrogens with one attached hydrogen (secondary N) is 1. The lowest BCUT2D eigenvalue weighted by atomic mass is 10.1. The molecular weight excluding hydrogens is 308 g/mol. The zero-order valence-electron chi connectivity index (χ0n) is 13.6. The van der Waals surface area contributed by atoms with Gasteiger partial charge in [-0.3, -0.25) is 4.79 Å². The summed E-state index contributed by atoms with van der Waals surface area (Å²) in [6, 6.07) is 6.17. The highest BCUT2D eigenvalue weighted by Crippen LogP contribution is 2.32. The number of hydrogen-bond acceptors (Lipinski definition) is 5. The van der Waals surface area contributed by atoms with E-state index in [0.29, 0.717) is 6.42 Å². The first kappa shape index (κ1) is 15.9. The van der Waals surface area contributed by atoms with Crippen molar-refractivity contribution in [1.82, 2.24) is 14.9 Å². The predicted molar refractivity (Wildman–Crippen MR) is 92.6 cm³/mol. The lowest BCUT2D eigenvalue weighted by Gasteiger charge is -2.25. The zero-order valence-corrected chi connectivity index (χ0v) is 14.4. The van der Waals surface area contributed by atoms with Crippen LogP contribution in [0.15, 0.2) is 23.6 Å². The van der Waals surface area contributed by atoms with Crippen LogP contribution in [0, 0.1) is 6.92 Å². The Balaban J connectivity index is 1.72. The van der Waals surface area contributed by atoms with Crippen molar-refractivity contribution in [3.8, 4) is 0 Å². The Morgan fingerprint density at radius 1 is 1.48 bits per heavy atom. The maximum Gasteiger partial charge on any atom is 0.223 e. The first-order valence-corrected chi connectivity index (χ1v) is 8.90. The number of thiophene rings is 1. The summed E-state index contributed by atoms with van der Waals surface area (Å²) in [5, 5.41) is 5.12. The van der Waals surface area contributed by atoms with E-state index in [1.54, 1.807) is 11.3 Å². The second-order valence-corrected chi connectivity index (χ2v) is 6.83. The molecule has 1 saturated heterocycles. The summed E-state index contributed by atoms with van der Waals surface area (Å²) in [7, 11) is 1.85. The summed E-state index contributed by atoms with van der Waals surface area (Å²) in [4.78, 5) is 24.8. The van der Waals surface area contributed by atoms with Gasteiger partial charge in [-0.05, 0) is 37.6 Å². The first-order chi connectivity index (χ1) is 11.2. The highest BCUT2D eigenvalue weighted by molar-refractivity contribution is 7.09. The molecule has 5 nitrogen and oxygen atoms in total. The summed E-state index contributed by atoms with van der Waals surface area (Å²) < 4.78 is 0. The molecule has 0 radical (unpaired) electrons. The van der Waals surface area contributed by atoms with Gasteiger partial charge in [0.25, 0.3) is 0 Å². The summed E-state index contributed by atoms with van der Waals surface area (Å²) in [5.41, 5.74) is 0.948. The van der Waals surface area contributed by atoms with E-state index in [0.717, 1.165) is 43.1 Å². The highest BCUT2D eigenvalue weighted by atomic mass is 32.1. The molecule has 0 aromatic carbocycles. The quantitative estimate of drug-likeness (QED) is 0.915. The van der Waals surface area contributed by atoms with Gasteiger partial charge in [0.15, 0.2) is 0 Å². The number of carbonyl (C=O) groups excluding carboxylic acids is 1. The van der Waals surface area contributed by atoms with Crippen LogP contribution < -0.4 is 5.32 Å². The van der Waals surface area contributed by atoms with Crippen LogP contribution in [0.5, 0.6) is 0 Å². The third kappa shape index (κ3) is 3.69. The Labute approximate surface area is 140 Å². The van der Waals surface area contributed by atoms with Crippen LogP contribution in [0.25, 0.3) is 0 Å². The van der Waals surface area contributed by atoms with Gasteiger partial charge in [0, 0.05) is 31.0 Å². The van der Waals surface area contributed by atoms with Gasteiger partial charge in [-0.15, -0.1) is 11.3 Å². The molecule has 1 aliphatic heterocycles. The molecule has 3 rings (SSSR count). The Hall–Kier alpha value is -1.95. The third-order valence-electron chi connectivity index (χ3n) is 4.19. The molecule has 1 atom stereocenters. The van der Waals surface area contributed by atoms with Gasteiger partial charge in [0.05, 0.1) is 11.7 Å². The maximum absolute atomic E-state index is 12.6. The highest BCUT2D eigenvalue weighted by Gasteiger charge is 2.31. The first-order valence-electron chi connectivity index (χ1n) is 8.02. The lowest BCUT2D eigenvalue weighted by Crippen LogP contribution is -2.31. The van der Waals surface area contributed by atoms with Crippen molar-refractivity contribution < 1.29 is 4.79 Å². The van der Waals surface area contributed by atoms with E-state index >= 15 is 0 Å². The average Bonchev–Trinajstić information content (AvgIpc) is 3.23. The van der Waals surface area contributed by atoms with E-state index in [9.17, 15) is 4.79 Å². The van der Waals surface area contributed by atoms with Crippen molar-refractivity contribution in [3.63, 3.8) is 0 Å². The molecule has 0 saturated carbocycles. The van der Waals surface area contributed by atoms with Crippen LogP contribution in [0.2, 0.25) is 0 Å². The Bertz CT molecular complexity index is 671. The van der Waals surface area contributed by atoms with Crippen molar-refractivity contribution in [2.45, 2.75) is 38.6 Å². The Kier molecular flexibility index (Phi) is 4.91. The number of carbonyl (C=O) groups is 1. The summed E-state index contributed by atoms with van der Waals surface area (Å²) in [5.74, 6) is 1.78. The largest absolute Gasteiger partial charge is 0.373 e. The second-order valence-electron chi connectivity index (χ2n) is 5.80. The van der Waals surface area contributed by atoms with E-state index in [2.05, 4.69) is 26.7 Å². The molecule has 0 spiro atoms. The third-order valence-corrected chi connectivity index (χ3v) is 5.13. The topological polar surface area (TPSA) is 58.1 Å². The van der Waals surface area contributed by atoms with Crippen molar-refractivity contribution >= 4 is 23.1 Å². The summed E-state index contributed by atoms with van der Waals surface area (Å²) >= 11 is 1.71. The van der Waals surface area contributed by atoms with Gasteiger partial charge in [-0.2, -0.15) is 0 Å².